The molecule has 0 aliphatic heterocycles. The van der Waals surface area contributed by atoms with Crippen molar-refractivity contribution >= 4 is 0 Å². The Hall–Kier alpha value is -0.980. The van der Waals surface area contributed by atoms with E-state index in [-0.39, 0.29) is 0 Å². The Morgan fingerprint density at radius 1 is 1.00 bits per heavy atom. The summed E-state index contributed by atoms with van der Waals surface area (Å²) in [6.07, 6.45) is 18.9. The summed E-state index contributed by atoms with van der Waals surface area (Å²) in [6.45, 7) is 0. The lowest BCUT2D eigenvalue weighted by Gasteiger charge is -2.16. The Labute approximate surface area is 106 Å². The summed E-state index contributed by atoms with van der Waals surface area (Å²) in [6, 6.07) is 0. The molecule has 0 amide bonds. The second-order valence-electron chi connectivity index (χ2n) is 5.52. The maximum absolute atomic E-state index is 2.38. The van der Waals surface area contributed by atoms with Crippen LogP contribution in [0.15, 0.2) is 35.6 Å². The van der Waals surface area contributed by atoms with Crippen molar-refractivity contribution in [2.45, 2.75) is 44.9 Å². The van der Waals surface area contributed by atoms with Crippen molar-refractivity contribution in [1.29, 1.82) is 0 Å². The average molecular weight is 231 g/mol. The minimum absolute atomic E-state index is 0.847. The summed E-state index contributed by atoms with van der Waals surface area (Å²) in [4.78, 5) is 2.18. The fraction of sp³-hybridized carbons (Fsp3) is 0.625. The van der Waals surface area contributed by atoms with Crippen LogP contribution in [0.25, 0.3) is 0 Å². The van der Waals surface area contributed by atoms with Crippen LogP contribution in [0.1, 0.15) is 44.9 Å². The van der Waals surface area contributed by atoms with Gasteiger partial charge in [-0.3, -0.25) is 0 Å². The van der Waals surface area contributed by atoms with Gasteiger partial charge in [-0.05, 0) is 37.3 Å². The molecular formula is C16H25N. The molecule has 0 aromatic heterocycles. The Morgan fingerprint density at radius 3 is 2.35 bits per heavy atom. The molecule has 0 saturated heterocycles. The van der Waals surface area contributed by atoms with E-state index in [9.17, 15) is 0 Å². The van der Waals surface area contributed by atoms with E-state index in [1.54, 1.807) is 5.57 Å². The molecule has 1 heteroatoms. The van der Waals surface area contributed by atoms with Crippen molar-refractivity contribution in [3.8, 4) is 0 Å². The van der Waals surface area contributed by atoms with Gasteiger partial charge in [0.2, 0.25) is 0 Å². The Morgan fingerprint density at radius 2 is 1.71 bits per heavy atom. The zero-order valence-corrected chi connectivity index (χ0v) is 11.3. The van der Waals surface area contributed by atoms with E-state index in [2.05, 4.69) is 43.3 Å². The van der Waals surface area contributed by atoms with Gasteiger partial charge in [0.15, 0.2) is 0 Å². The molecule has 0 aromatic carbocycles. The van der Waals surface area contributed by atoms with Crippen molar-refractivity contribution in [2.75, 3.05) is 14.1 Å². The van der Waals surface area contributed by atoms with Gasteiger partial charge in [0, 0.05) is 19.8 Å². The van der Waals surface area contributed by atoms with Crippen molar-refractivity contribution in [3.05, 3.63) is 35.6 Å². The van der Waals surface area contributed by atoms with Gasteiger partial charge in [0.05, 0.1) is 0 Å². The van der Waals surface area contributed by atoms with Gasteiger partial charge in [-0.2, -0.15) is 0 Å². The molecule has 0 aromatic rings. The second kappa shape index (κ2) is 6.09. The van der Waals surface area contributed by atoms with Crippen LogP contribution >= 0.6 is 0 Å². The number of likely N-dealkylation sites (N-methyl/N-ethyl adjacent to an activating group) is 1. The van der Waals surface area contributed by atoms with E-state index in [1.165, 1.54) is 44.2 Å². The first-order valence-corrected chi connectivity index (χ1v) is 7.02. The monoisotopic (exact) mass is 231 g/mol. The summed E-state index contributed by atoms with van der Waals surface area (Å²) < 4.78 is 0. The van der Waals surface area contributed by atoms with Crippen LogP contribution in [-0.2, 0) is 0 Å². The van der Waals surface area contributed by atoms with E-state index in [0.29, 0.717) is 0 Å². The van der Waals surface area contributed by atoms with Gasteiger partial charge in [-0.15, -0.1) is 0 Å². The highest BCUT2D eigenvalue weighted by Crippen LogP contribution is 2.31. The Bertz CT molecular complexity index is 325. The quantitative estimate of drug-likeness (QED) is 0.641. The summed E-state index contributed by atoms with van der Waals surface area (Å²) in [7, 11) is 4.22. The van der Waals surface area contributed by atoms with Crippen LogP contribution in [0.2, 0.25) is 0 Å². The van der Waals surface area contributed by atoms with Gasteiger partial charge < -0.3 is 4.90 Å². The SMILES string of the molecule is CN(C)C1=CC=C(C2CCCCCC2)CC=C1. The smallest absolute Gasteiger partial charge is 0.0357 e. The maximum Gasteiger partial charge on any atom is 0.0357 e. The van der Waals surface area contributed by atoms with Crippen molar-refractivity contribution in [2.24, 2.45) is 5.92 Å². The van der Waals surface area contributed by atoms with Crippen LogP contribution in [0.3, 0.4) is 0 Å². The first-order valence-electron chi connectivity index (χ1n) is 7.02. The summed E-state index contributed by atoms with van der Waals surface area (Å²) >= 11 is 0. The fourth-order valence-electron chi connectivity index (χ4n) is 2.88. The van der Waals surface area contributed by atoms with Gasteiger partial charge in [-0.1, -0.05) is 43.4 Å². The molecule has 1 fully saturated rings. The summed E-state index contributed by atoms with van der Waals surface area (Å²) in [5, 5.41) is 0. The van der Waals surface area contributed by atoms with Gasteiger partial charge >= 0.3 is 0 Å². The largest absolute Gasteiger partial charge is 0.378 e. The van der Waals surface area contributed by atoms with Crippen LogP contribution in [0.5, 0.6) is 0 Å². The normalized spacial score (nSPS) is 22.5. The maximum atomic E-state index is 2.38. The minimum Gasteiger partial charge on any atom is -0.378 e. The van der Waals surface area contributed by atoms with E-state index in [4.69, 9.17) is 0 Å². The molecule has 0 unspecified atom stereocenters. The van der Waals surface area contributed by atoms with Gasteiger partial charge in [0.25, 0.3) is 0 Å². The lowest BCUT2D eigenvalue weighted by Crippen LogP contribution is -2.08. The molecule has 2 aliphatic carbocycles. The molecule has 1 saturated carbocycles. The zero-order chi connectivity index (χ0) is 12.1. The predicted molar refractivity (Wildman–Crippen MR) is 74.8 cm³/mol. The molecule has 0 spiro atoms. The topological polar surface area (TPSA) is 3.24 Å². The molecular weight excluding hydrogens is 206 g/mol. The highest BCUT2D eigenvalue weighted by atomic mass is 15.1. The second-order valence-corrected chi connectivity index (χ2v) is 5.52. The predicted octanol–water partition coefficient (Wildman–Crippen LogP) is 4.29. The van der Waals surface area contributed by atoms with E-state index in [0.717, 1.165) is 12.3 Å². The molecule has 0 bridgehead atoms. The molecule has 2 aliphatic rings. The third kappa shape index (κ3) is 3.49. The van der Waals surface area contributed by atoms with Crippen molar-refractivity contribution in [3.63, 3.8) is 0 Å². The molecule has 0 radical (unpaired) electrons. The number of allylic oxidation sites excluding steroid dienone is 5. The standard InChI is InChI=1S/C16H25N/c1-17(2)16-11-7-10-15(12-13-16)14-8-5-3-4-6-9-14/h7,11-14H,3-6,8-10H2,1-2H3. The molecule has 2 rings (SSSR count). The van der Waals surface area contributed by atoms with E-state index in [1.807, 2.05) is 0 Å². The third-order valence-electron chi connectivity index (χ3n) is 4.01. The van der Waals surface area contributed by atoms with Gasteiger partial charge in [-0.25, -0.2) is 0 Å². The summed E-state index contributed by atoms with van der Waals surface area (Å²) in [5.74, 6) is 0.847. The molecule has 1 nitrogen and oxygen atoms in total. The van der Waals surface area contributed by atoms with E-state index >= 15 is 0 Å². The van der Waals surface area contributed by atoms with E-state index < -0.39 is 0 Å². The molecule has 0 N–H and O–H groups in total. The van der Waals surface area contributed by atoms with Crippen molar-refractivity contribution < 1.29 is 0 Å². The Kier molecular flexibility index (Phi) is 4.47. The molecule has 0 heterocycles. The third-order valence-corrected chi connectivity index (χ3v) is 4.01. The highest BCUT2D eigenvalue weighted by molar-refractivity contribution is 5.30. The minimum atomic E-state index is 0.847. The number of nitrogens with zero attached hydrogens (tertiary/aromatic N) is 1. The number of rotatable bonds is 2. The number of hydrogen-bond donors (Lipinski definition) is 0. The average Bonchev–Trinajstić information content (AvgIpc) is 2.71. The van der Waals surface area contributed by atoms with Crippen LogP contribution < -0.4 is 0 Å². The highest BCUT2D eigenvalue weighted by Gasteiger charge is 2.16. The van der Waals surface area contributed by atoms with Crippen LogP contribution in [0.4, 0.5) is 0 Å². The summed E-state index contributed by atoms with van der Waals surface area (Å²) in [5.41, 5.74) is 2.97. The molecule has 0 atom stereocenters. The molecule has 17 heavy (non-hydrogen) atoms. The lowest BCUT2D eigenvalue weighted by atomic mass is 9.89. The number of hydrogen-bond acceptors (Lipinski definition) is 1. The zero-order valence-electron chi connectivity index (χ0n) is 11.3. The first kappa shape index (κ1) is 12.5. The lowest BCUT2D eigenvalue weighted by molar-refractivity contribution is 0.522. The van der Waals surface area contributed by atoms with Crippen LogP contribution in [-0.4, -0.2) is 19.0 Å². The fourth-order valence-corrected chi connectivity index (χ4v) is 2.88. The van der Waals surface area contributed by atoms with Crippen molar-refractivity contribution in [1.82, 2.24) is 4.90 Å². The molecule has 94 valence electrons. The Balaban J connectivity index is 2.08. The first-order chi connectivity index (χ1) is 8.27. The van der Waals surface area contributed by atoms with Gasteiger partial charge in [0.1, 0.15) is 0 Å². The van der Waals surface area contributed by atoms with Crippen LogP contribution in [0, 0.1) is 5.92 Å².